The molecule has 4 aliphatic rings. The minimum atomic E-state index is -0.710. The lowest BCUT2D eigenvalue weighted by Crippen LogP contribution is -2.48. The number of hydrogen-bond donors (Lipinski definition) is 1. The molecule has 4 unspecified atom stereocenters. The van der Waals surface area contributed by atoms with E-state index in [1.54, 1.807) is 0 Å². The smallest absolute Gasteiger partial charge is 0.334 e. The number of nitrogens with zero attached hydrogens (tertiary/aromatic N) is 4. The topological polar surface area (TPSA) is 180 Å². The van der Waals surface area contributed by atoms with Gasteiger partial charge < -0.3 is 15.0 Å². The van der Waals surface area contributed by atoms with E-state index < -0.39 is 35.6 Å². The van der Waals surface area contributed by atoms with E-state index in [1.807, 2.05) is 0 Å². The number of carbonyl (C=O) groups is 8. The first-order chi connectivity index (χ1) is 22.8. The number of ketones is 1. The molecule has 4 fully saturated rings. The third-order valence-electron chi connectivity index (χ3n) is 9.32. The molecule has 0 radical (unpaired) electrons. The van der Waals surface area contributed by atoms with Gasteiger partial charge in [0.1, 0.15) is 5.78 Å². The number of amides is 5. The van der Waals surface area contributed by atoms with Crippen LogP contribution in [0.25, 0.3) is 0 Å². The third-order valence-corrected chi connectivity index (χ3v) is 9.32. The van der Waals surface area contributed by atoms with Crippen molar-refractivity contribution in [3.8, 4) is 0 Å². The SMILES string of the molecule is C.CC1CCCC(C)N1CC(=O)CCCC(=O)ON1C(=O)CCC1=O.CC1CCCC(C)N1CC(=O)NCCC(=O)ON1C(=O)CCC1=O. The maximum absolute atomic E-state index is 12.1. The lowest BCUT2D eigenvalue weighted by Gasteiger charge is -2.38. The van der Waals surface area contributed by atoms with Gasteiger partial charge in [0.25, 0.3) is 23.6 Å². The molecule has 49 heavy (non-hydrogen) atoms. The van der Waals surface area contributed by atoms with Crippen molar-refractivity contribution < 1.29 is 48.0 Å². The highest BCUT2D eigenvalue weighted by atomic mass is 16.7. The van der Waals surface area contributed by atoms with E-state index in [-0.39, 0.29) is 64.2 Å². The molecule has 0 aromatic heterocycles. The van der Waals surface area contributed by atoms with Crippen LogP contribution in [0.4, 0.5) is 0 Å². The number of hydroxylamine groups is 4. The van der Waals surface area contributed by atoms with Gasteiger partial charge in [0, 0.05) is 69.2 Å². The Bertz CT molecular complexity index is 1080. The molecule has 4 saturated heterocycles. The fraction of sp³-hybridized carbons (Fsp3) is 0.765. The van der Waals surface area contributed by atoms with Crippen LogP contribution in [-0.2, 0) is 48.0 Å². The molecule has 0 bridgehead atoms. The summed E-state index contributed by atoms with van der Waals surface area (Å²) in [6.07, 6.45) is 7.66. The first-order valence-electron chi connectivity index (χ1n) is 17.2. The zero-order valence-electron chi connectivity index (χ0n) is 28.7. The molecule has 4 atom stereocenters. The van der Waals surface area contributed by atoms with Gasteiger partial charge in [-0.3, -0.25) is 38.6 Å². The van der Waals surface area contributed by atoms with Gasteiger partial charge in [-0.2, -0.15) is 0 Å². The highest BCUT2D eigenvalue weighted by molar-refractivity contribution is 6.02. The maximum Gasteiger partial charge on any atom is 0.334 e. The summed E-state index contributed by atoms with van der Waals surface area (Å²) in [7, 11) is 0. The van der Waals surface area contributed by atoms with E-state index in [9.17, 15) is 38.4 Å². The van der Waals surface area contributed by atoms with Gasteiger partial charge in [0.2, 0.25) is 5.91 Å². The third kappa shape index (κ3) is 12.9. The van der Waals surface area contributed by atoms with Crippen molar-refractivity contribution in [1.29, 1.82) is 0 Å². The number of hydrogen-bond acceptors (Lipinski definition) is 12. The highest BCUT2D eigenvalue weighted by Crippen LogP contribution is 2.23. The molecule has 0 aromatic carbocycles. The Balaban J connectivity index is 0.000000333. The van der Waals surface area contributed by atoms with E-state index in [0.29, 0.717) is 60.2 Å². The van der Waals surface area contributed by atoms with Crippen LogP contribution in [0.3, 0.4) is 0 Å². The van der Waals surface area contributed by atoms with E-state index in [4.69, 9.17) is 9.68 Å². The number of carbonyl (C=O) groups excluding carboxylic acids is 8. The van der Waals surface area contributed by atoms with Crippen LogP contribution in [0.2, 0.25) is 0 Å². The van der Waals surface area contributed by atoms with Crippen LogP contribution in [0.1, 0.15) is 125 Å². The van der Waals surface area contributed by atoms with Crippen molar-refractivity contribution in [2.45, 2.75) is 149 Å². The largest absolute Gasteiger partial charge is 0.354 e. The molecular weight excluding hydrogens is 638 g/mol. The quantitative estimate of drug-likeness (QED) is 0.279. The van der Waals surface area contributed by atoms with Crippen molar-refractivity contribution in [3.05, 3.63) is 0 Å². The van der Waals surface area contributed by atoms with Gasteiger partial charge in [0.05, 0.1) is 19.5 Å². The molecule has 0 spiro atoms. The van der Waals surface area contributed by atoms with Crippen LogP contribution >= 0.6 is 0 Å². The Morgan fingerprint density at radius 1 is 0.612 bits per heavy atom. The molecule has 276 valence electrons. The Morgan fingerprint density at radius 2 is 1.00 bits per heavy atom. The molecular formula is C34H55N5O10. The Labute approximate surface area is 289 Å². The second kappa shape index (κ2) is 20.1. The Hall–Kier alpha value is -3.72. The molecule has 4 aliphatic heterocycles. The van der Waals surface area contributed by atoms with Gasteiger partial charge in [-0.15, -0.1) is 10.1 Å². The summed E-state index contributed by atoms with van der Waals surface area (Å²) < 4.78 is 0. The van der Waals surface area contributed by atoms with E-state index in [2.05, 4.69) is 42.8 Å². The fourth-order valence-corrected chi connectivity index (χ4v) is 6.42. The van der Waals surface area contributed by atoms with Crippen LogP contribution < -0.4 is 5.32 Å². The first kappa shape index (κ1) is 41.5. The molecule has 15 nitrogen and oxygen atoms in total. The van der Waals surface area contributed by atoms with Crippen molar-refractivity contribution in [2.24, 2.45) is 0 Å². The minimum absolute atomic E-state index is 0. The summed E-state index contributed by atoms with van der Waals surface area (Å²) >= 11 is 0. The van der Waals surface area contributed by atoms with Crippen molar-refractivity contribution >= 4 is 47.3 Å². The monoisotopic (exact) mass is 693 g/mol. The average Bonchev–Trinajstić information content (AvgIpc) is 3.51. The number of piperidine rings is 2. The number of nitrogens with one attached hydrogen (secondary N) is 1. The number of rotatable bonds is 13. The number of Topliss-reactive ketones (excluding diaryl/α,β-unsaturated/α-hetero) is 1. The van der Waals surface area contributed by atoms with Crippen molar-refractivity contribution in [3.63, 3.8) is 0 Å². The van der Waals surface area contributed by atoms with Crippen molar-refractivity contribution in [2.75, 3.05) is 19.6 Å². The predicted molar refractivity (Wildman–Crippen MR) is 177 cm³/mol. The maximum atomic E-state index is 12.1. The number of likely N-dealkylation sites (tertiary alicyclic amines) is 2. The molecule has 1 N–H and O–H groups in total. The van der Waals surface area contributed by atoms with Gasteiger partial charge in [-0.25, -0.2) is 9.59 Å². The Morgan fingerprint density at radius 3 is 1.43 bits per heavy atom. The molecule has 15 heteroatoms. The summed E-state index contributed by atoms with van der Waals surface area (Å²) in [5.41, 5.74) is 0. The Kier molecular flexibility index (Phi) is 17.0. The highest BCUT2D eigenvalue weighted by Gasteiger charge is 2.34. The summed E-state index contributed by atoms with van der Waals surface area (Å²) in [5, 5.41) is 3.74. The molecule has 5 amide bonds. The fourth-order valence-electron chi connectivity index (χ4n) is 6.42. The second-order valence-electron chi connectivity index (χ2n) is 13.2. The predicted octanol–water partition coefficient (Wildman–Crippen LogP) is 2.59. The number of imide groups is 2. The van der Waals surface area contributed by atoms with Crippen LogP contribution in [0.5, 0.6) is 0 Å². The lowest BCUT2D eigenvalue weighted by molar-refractivity contribution is -0.197. The van der Waals surface area contributed by atoms with E-state index >= 15 is 0 Å². The summed E-state index contributed by atoms with van der Waals surface area (Å²) in [6.45, 7) is 9.36. The van der Waals surface area contributed by atoms with Gasteiger partial charge in [-0.05, 0) is 59.8 Å². The first-order valence-corrected chi connectivity index (χ1v) is 17.2. The van der Waals surface area contributed by atoms with Crippen LogP contribution in [-0.4, -0.2) is 111 Å². The standard InChI is InChI=1S/C17H26N2O5.C16H25N3O5.CH4/c1-12-5-3-6-13(2)18(12)11-14(20)7-4-8-17(23)24-19-15(21)9-10-16(19)22;1-11-4-3-5-12(2)18(11)10-13(20)17-9-8-16(23)24-19-14(21)6-7-15(19)22;/h12-13H,3-11H2,1-2H3;11-12H,3-10H2,1-2H3,(H,17,20);1H4. The molecule has 0 saturated carbocycles. The van der Waals surface area contributed by atoms with Crippen LogP contribution in [0.15, 0.2) is 0 Å². The zero-order chi connectivity index (χ0) is 35.4. The lowest BCUT2D eigenvalue weighted by atomic mass is 9.97. The van der Waals surface area contributed by atoms with E-state index in [1.165, 1.54) is 12.8 Å². The molecule has 4 heterocycles. The summed E-state index contributed by atoms with van der Waals surface area (Å²) in [4.78, 5) is 107. The zero-order valence-corrected chi connectivity index (χ0v) is 28.7. The molecule has 0 aromatic rings. The average molecular weight is 694 g/mol. The van der Waals surface area contributed by atoms with Gasteiger partial charge in [-0.1, -0.05) is 20.3 Å². The van der Waals surface area contributed by atoms with Crippen molar-refractivity contribution in [1.82, 2.24) is 25.2 Å². The van der Waals surface area contributed by atoms with Gasteiger partial charge >= 0.3 is 11.9 Å². The minimum Gasteiger partial charge on any atom is -0.354 e. The van der Waals surface area contributed by atoms with Crippen LogP contribution in [0, 0.1) is 0 Å². The van der Waals surface area contributed by atoms with E-state index in [0.717, 1.165) is 25.7 Å². The normalized spacial score (nSPS) is 24.6. The molecule has 0 aliphatic carbocycles. The van der Waals surface area contributed by atoms with Gasteiger partial charge in [0.15, 0.2) is 0 Å². The summed E-state index contributed by atoms with van der Waals surface area (Å²) in [5.74, 6) is -3.39. The second-order valence-corrected chi connectivity index (χ2v) is 13.2. The summed E-state index contributed by atoms with van der Waals surface area (Å²) in [6, 6.07) is 1.57. The molecule has 4 rings (SSSR count).